The predicted octanol–water partition coefficient (Wildman–Crippen LogP) is 0.922. The summed E-state index contributed by atoms with van der Waals surface area (Å²) in [5.74, 6) is -1.03. The largest absolute Gasteiger partial charge is 0.471 e. The minimum absolute atomic E-state index is 0.263. The van der Waals surface area contributed by atoms with Gasteiger partial charge in [-0.2, -0.15) is 13.2 Å². The molecule has 3 rings (SSSR count). The number of carbonyl (C=O) groups excluding carboxylic acids is 1. The van der Waals surface area contributed by atoms with Gasteiger partial charge >= 0.3 is 12.1 Å². The first-order valence-electron chi connectivity index (χ1n) is 7.23. The van der Waals surface area contributed by atoms with Crippen LogP contribution in [-0.4, -0.2) is 47.6 Å². The van der Waals surface area contributed by atoms with Crippen molar-refractivity contribution in [2.24, 2.45) is 0 Å². The van der Waals surface area contributed by atoms with Crippen molar-refractivity contribution in [3.63, 3.8) is 0 Å². The van der Waals surface area contributed by atoms with E-state index in [0.717, 1.165) is 32.0 Å². The van der Waals surface area contributed by atoms with Crippen molar-refractivity contribution >= 4 is 17.4 Å². The van der Waals surface area contributed by atoms with Crippen LogP contribution < -0.4 is 15.5 Å². The summed E-state index contributed by atoms with van der Waals surface area (Å²) in [7, 11) is 0. The maximum Gasteiger partial charge on any atom is 0.471 e. The van der Waals surface area contributed by atoms with E-state index in [1.165, 1.54) is 0 Å². The van der Waals surface area contributed by atoms with Crippen LogP contribution >= 0.6 is 0 Å². The lowest BCUT2D eigenvalue weighted by Crippen LogP contribution is -2.44. The predicted molar refractivity (Wildman–Crippen MR) is 78.2 cm³/mol. The number of hydrogen-bond donors (Lipinski definition) is 2. The van der Waals surface area contributed by atoms with Crippen molar-refractivity contribution in [1.29, 1.82) is 0 Å². The van der Waals surface area contributed by atoms with Crippen molar-refractivity contribution in [2.75, 3.05) is 31.1 Å². The van der Waals surface area contributed by atoms with Gasteiger partial charge in [0.2, 0.25) is 0 Å². The molecule has 0 saturated carbocycles. The molecule has 124 valence electrons. The fourth-order valence-electron chi connectivity index (χ4n) is 2.55. The molecule has 2 aromatic heterocycles. The van der Waals surface area contributed by atoms with E-state index in [0.29, 0.717) is 11.3 Å². The fraction of sp³-hybridized carbons (Fsp3) is 0.429. The molecule has 1 saturated heterocycles. The summed E-state index contributed by atoms with van der Waals surface area (Å²) in [6.07, 6.45) is -3.23. The first kappa shape index (κ1) is 15.6. The van der Waals surface area contributed by atoms with Gasteiger partial charge in [0.25, 0.3) is 0 Å². The second-order valence-electron chi connectivity index (χ2n) is 5.26. The highest BCUT2D eigenvalue weighted by atomic mass is 19.4. The van der Waals surface area contributed by atoms with Crippen LogP contribution in [0.1, 0.15) is 5.69 Å². The number of rotatable bonds is 3. The van der Waals surface area contributed by atoms with Crippen molar-refractivity contribution in [3.05, 3.63) is 30.1 Å². The number of aromatic nitrogens is 2. The SMILES string of the molecule is O=C(NCc1cn2c(N3CCNCC3)cccc2n1)C(F)(F)F. The number of imidazole rings is 1. The summed E-state index contributed by atoms with van der Waals surface area (Å²) in [6.45, 7) is 3.18. The molecule has 0 aromatic carbocycles. The molecule has 3 heterocycles. The highest BCUT2D eigenvalue weighted by molar-refractivity contribution is 5.81. The normalized spacial score (nSPS) is 15.9. The van der Waals surface area contributed by atoms with Gasteiger partial charge in [-0.1, -0.05) is 6.07 Å². The number of anilines is 1. The third-order valence-corrected chi connectivity index (χ3v) is 3.65. The minimum atomic E-state index is -4.88. The molecule has 0 radical (unpaired) electrons. The summed E-state index contributed by atoms with van der Waals surface area (Å²) in [4.78, 5) is 17.3. The lowest BCUT2D eigenvalue weighted by atomic mass is 10.3. The molecule has 23 heavy (non-hydrogen) atoms. The van der Waals surface area contributed by atoms with Gasteiger partial charge in [0.15, 0.2) is 0 Å². The van der Waals surface area contributed by atoms with E-state index in [-0.39, 0.29) is 6.54 Å². The first-order chi connectivity index (χ1) is 10.9. The number of fused-ring (bicyclic) bond motifs is 1. The number of hydrogen-bond acceptors (Lipinski definition) is 4. The number of pyridine rings is 1. The van der Waals surface area contributed by atoms with Gasteiger partial charge in [0.1, 0.15) is 11.5 Å². The molecule has 0 spiro atoms. The molecule has 6 nitrogen and oxygen atoms in total. The van der Waals surface area contributed by atoms with E-state index < -0.39 is 12.1 Å². The molecule has 2 aromatic rings. The summed E-state index contributed by atoms with van der Waals surface area (Å²) in [5, 5.41) is 5.10. The molecule has 0 aliphatic carbocycles. The Morgan fingerprint density at radius 1 is 1.30 bits per heavy atom. The highest BCUT2D eigenvalue weighted by Gasteiger charge is 2.38. The Morgan fingerprint density at radius 2 is 2.04 bits per heavy atom. The lowest BCUT2D eigenvalue weighted by Gasteiger charge is -2.29. The monoisotopic (exact) mass is 327 g/mol. The summed E-state index contributed by atoms with van der Waals surface area (Å²) < 4.78 is 38.5. The van der Waals surface area contributed by atoms with E-state index in [1.807, 2.05) is 21.9 Å². The van der Waals surface area contributed by atoms with Gasteiger partial charge in [-0.05, 0) is 12.1 Å². The number of amides is 1. The minimum Gasteiger partial charge on any atom is -0.355 e. The van der Waals surface area contributed by atoms with Crippen LogP contribution in [0, 0.1) is 0 Å². The molecule has 9 heteroatoms. The maximum absolute atomic E-state index is 12.2. The van der Waals surface area contributed by atoms with Gasteiger partial charge < -0.3 is 15.5 Å². The number of nitrogens with one attached hydrogen (secondary N) is 2. The zero-order valence-corrected chi connectivity index (χ0v) is 12.2. The molecular formula is C14H16F3N5O. The Hall–Kier alpha value is -2.29. The van der Waals surface area contributed by atoms with Crippen LogP contribution in [0.15, 0.2) is 24.4 Å². The zero-order chi connectivity index (χ0) is 16.4. The summed E-state index contributed by atoms with van der Waals surface area (Å²) in [6, 6.07) is 5.58. The maximum atomic E-state index is 12.2. The Balaban J connectivity index is 1.80. The third-order valence-electron chi connectivity index (χ3n) is 3.65. The fourth-order valence-corrected chi connectivity index (χ4v) is 2.55. The molecule has 1 aliphatic rings. The van der Waals surface area contributed by atoms with Gasteiger partial charge in [-0.3, -0.25) is 9.20 Å². The molecule has 0 atom stereocenters. The molecular weight excluding hydrogens is 311 g/mol. The van der Waals surface area contributed by atoms with Crippen molar-refractivity contribution in [1.82, 2.24) is 20.0 Å². The van der Waals surface area contributed by atoms with E-state index in [9.17, 15) is 18.0 Å². The van der Waals surface area contributed by atoms with Crippen LogP contribution in [0.2, 0.25) is 0 Å². The smallest absolute Gasteiger partial charge is 0.355 e. The van der Waals surface area contributed by atoms with Crippen LogP contribution in [0.3, 0.4) is 0 Å². The molecule has 0 bridgehead atoms. The number of halogens is 3. The first-order valence-corrected chi connectivity index (χ1v) is 7.23. The van der Waals surface area contributed by atoms with Gasteiger partial charge in [0.05, 0.1) is 12.2 Å². The van der Waals surface area contributed by atoms with Crippen molar-refractivity contribution in [2.45, 2.75) is 12.7 Å². The number of alkyl halides is 3. The average Bonchev–Trinajstić information content (AvgIpc) is 2.95. The summed E-state index contributed by atoms with van der Waals surface area (Å²) in [5.41, 5.74) is 1.02. The molecule has 1 aliphatic heterocycles. The van der Waals surface area contributed by atoms with Gasteiger partial charge in [-0.15, -0.1) is 0 Å². The second-order valence-corrected chi connectivity index (χ2v) is 5.26. The Bertz CT molecular complexity index is 706. The van der Waals surface area contributed by atoms with Crippen LogP contribution in [0.4, 0.5) is 19.0 Å². The van der Waals surface area contributed by atoms with Gasteiger partial charge in [0, 0.05) is 32.4 Å². The molecule has 2 N–H and O–H groups in total. The lowest BCUT2D eigenvalue weighted by molar-refractivity contribution is -0.173. The molecule has 1 fully saturated rings. The number of piperazine rings is 1. The van der Waals surface area contributed by atoms with Crippen LogP contribution in [0.25, 0.3) is 5.65 Å². The van der Waals surface area contributed by atoms with Crippen molar-refractivity contribution < 1.29 is 18.0 Å². The molecule has 0 unspecified atom stereocenters. The van der Waals surface area contributed by atoms with E-state index in [1.54, 1.807) is 12.3 Å². The van der Waals surface area contributed by atoms with Crippen molar-refractivity contribution in [3.8, 4) is 0 Å². The van der Waals surface area contributed by atoms with E-state index in [4.69, 9.17) is 0 Å². The standard InChI is InChI=1S/C14H16F3N5O/c15-14(16,17)13(23)19-8-10-9-22-11(20-10)2-1-3-12(22)21-6-4-18-5-7-21/h1-3,9,18H,4-8H2,(H,19,23). The Morgan fingerprint density at radius 3 is 2.74 bits per heavy atom. The summed E-state index contributed by atoms with van der Waals surface area (Å²) >= 11 is 0. The van der Waals surface area contributed by atoms with E-state index in [2.05, 4.69) is 15.2 Å². The highest BCUT2D eigenvalue weighted by Crippen LogP contribution is 2.19. The van der Waals surface area contributed by atoms with E-state index >= 15 is 0 Å². The molecule has 1 amide bonds. The van der Waals surface area contributed by atoms with Crippen LogP contribution in [0.5, 0.6) is 0 Å². The quantitative estimate of drug-likeness (QED) is 0.880. The van der Waals surface area contributed by atoms with Crippen LogP contribution in [-0.2, 0) is 11.3 Å². The van der Waals surface area contributed by atoms with Gasteiger partial charge in [-0.25, -0.2) is 4.98 Å². The Labute approximate surface area is 130 Å². The third kappa shape index (κ3) is 3.39. The second kappa shape index (κ2) is 6.07. The number of carbonyl (C=O) groups is 1. The average molecular weight is 327 g/mol. The zero-order valence-electron chi connectivity index (χ0n) is 12.2. The Kier molecular flexibility index (Phi) is 4.12. The number of nitrogens with zero attached hydrogens (tertiary/aromatic N) is 3. The topological polar surface area (TPSA) is 61.7 Å².